The number of H-pyrrole nitrogens is 1. The van der Waals surface area contributed by atoms with E-state index in [-0.39, 0.29) is 5.91 Å². The summed E-state index contributed by atoms with van der Waals surface area (Å²) in [5.41, 5.74) is 1.52. The van der Waals surface area contributed by atoms with Crippen LogP contribution in [-0.4, -0.2) is 33.1 Å². The van der Waals surface area contributed by atoms with Gasteiger partial charge in [-0.25, -0.2) is 0 Å². The average Bonchev–Trinajstić information content (AvgIpc) is 3.07. The number of carbonyl (C=O) groups is 1. The molecule has 2 aromatic rings. The van der Waals surface area contributed by atoms with Crippen LogP contribution >= 0.6 is 0 Å². The van der Waals surface area contributed by atoms with Crippen LogP contribution in [0.5, 0.6) is 0 Å². The van der Waals surface area contributed by atoms with Gasteiger partial charge in [0, 0.05) is 17.5 Å². The van der Waals surface area contributed by atoms with Crippen molar-refractivity contribution in [3.63, 3.8) is 0 Å². The van der Waals surface area contributed by atoms with E-state index in [9.17, 15) is 4.79 Å². The molecule has 1 aromatic heterocycles. The Balaban J connectivity index is 1.69. The van der Waals surface area contributed by atoms with Crippen LogP contribution in [0.3, 0.4) is 0 Å². The Labute approximate surface area is 130 Å². The van der Waals surface area contributed by atoms with E-state index < -0.39 is 0 Å². The zero-order chi connectivity index (χ0) is 15.3. The first-order valence-corrected chi connectivity index (χ1v) is 8.41. The molecule has 1 N–H and O–H groups in total. The molecule has 0 radical (unpaired) electrons. The number of amides is 1. The van der Waals surface area contributed by atoms with Crippen LogP contribution in [0.15, 0.2) is 24.3 Å². The Kier molecular flexibility index (Phi) is 3.21. The standard InChI is InChI=1S/C18H23N3O/c1-11-7-8-13-10-12(2)21(16(13)9-11)18(22)17-14-5-3-4-6-15(14)19-20-17/h3-6,11-13,16H,7-10H2,1-2H3,(H,19,20)/t11-,12+,13?,16-/m1/s1. The van der Waals surface area contributed by atoms with E-state index in [1.54, 1.807) is 0 Å². The second-order valence-corrected chi connectivity index (χ2v) is 7.16. The van der Waals surface area contributed by atoms with E-state index in [4.69, 9.17) is 0 Å². The van der Waals surface area contributed by atoms with Crippen LogP contribution in [0, 0.1) is 11.8 Å². The van der Waals surface area contributed by atoms with E-state index in [0.29, 0.717) is 23.7 Å². The molecular weight excluding hydrogens is 274 g/mol. The molecule has 1 saturated carbocycles. The fraction of sp³-hybridized carbons (Fsp3) is 0.556. The molecule has 2 fully saturated rings. The summed E-state index contributed by atoms with van der Waals surface area (Å²) in [5, 5.41) is 8.24. The van der Waals surface area contributed by atoms with Crippen molar-refractivity contribution in [3.05, 3.63) is 30.0 Å². The van der Waals surface area contributed by atoms with Gasteiger partial charge in [-0.2, -0.15) is 5.10 Å². The number of fused-ring (bicyclic) bond motifs is 2. The molecule has 22 heavy (non-hydrogen) atoms. The topological polar surface area (TPSA) is 49.0 Å². The molecule has 4 heteroatoms. The van der Waals surface area contributed by atoms with Crippen molar-refractivity contribution in [2.24, 2.45) is 11.8 Å². The fourth-order valence-electron chi connectivity index (χ4n) is 4.51. The van der Waals surface area contributed by atoms with Gasteiger partial charge in [0.2, 0.25) is 0 Å². The molecule has 2 heterocycles. The van der Waals surface area contributed by atoms with E-state index >= 15 is 0 Å². The third kappa shape index (κ3) is 2.04. The number of nitrogens with zero attached hydrogens (tertiary/aromatic N) is 2. The third-order valence-electron chi connectivity index (χ3n) is 5.60. The number of benzene rings is 1. The second-order valence-electron chi connectivity index (χ2n) is 7.16. The van der Waals surface area contributed by atoms with Gasteiger partial charge in [0.1, 0.15) is 0 Å². The lowest BCUT2D eigenvalue weighted by molar-refractivity contribution is 0.0602. The van der Waals surface area contributed by atoms with Crippen LogP contribution in [0.25, 0.3) is 10.9 Å². The number of aromatic nitrogens is 2. The number of aromatic amines is 1. The van der Waals surface area contributed by atoms with Gasteiger partial charge < -0.3 is 4.90 Å². The van der Waals surface area contributed by atoms with E-state index in [2.05, 4.69) is 28.9 Å². The first-order valence-electron chi connectivity index (χ1n) is 8.41. The van der Waals surface area contributed by atoms with Crippen LogP contribution in [0.1, 0.15) is 50.0 Å². The van der Waals surface area contributed by atoms with Crippen LogP contribution in [-0.2, 0) is 0 Å². The molecule has 4 rings (SSSR count). The molecule has 1 saturated heterocycles. The zero-order valence-corrected chi connectivity index (χ0v) is 13.2. The minimum Gasteiger partial charge on any atom is -0.331 e. The molecule has 2 aliphatic rings. The molecule has 1 amide bonds. The Hall–Kier alpha value is -1.84. The smallest absolute Gasteiger partial charge is 0.275 e. The summed E-state index contributed by atoms with van der Waals surface area (Å²) in [5.74, 6) is 1.50. The number of carbonyl (C=O) groups excluding carboxylic acids is 1. The SMILES string of the molecule is C[C@@H]1CCC2C[C@H](C)N(C(=O)c3n[nH]c4ccccc34)[C@@H]2C1. The average molecular weight is 297 g/mol. The van der Waals surface area contributed by atoms with Crippen molar-refractivity contribution in [2.45, 2.75) is 51.6 Å². The summed E-state index contributed by atoms with van der Waals surface area (Å²) < 4.78 is 0. The molecule has 116 valence electrons. The molecular formula is C18H23N3O. The molecule has 0 spiro atoms. The van der Waals surface area contributed by atoms with E-state index in [1.165, 1.54) is 12.8 Å². The Morgan fingerprint density at radius 2 is 2.05 bits per heavy atom. The third-order valence-corrected chi connectivity index (χ3v) is 5.60. The highest BCUT2D eigenvalue weighted by molar-refractivity contribution is 6.05. The summed E-state index contributed by atoms with van der Waals surface area (Å²) in [6.45, 7) is 4.50. The molecule has 1 aromatic carbocycles. The number of para-hydroxylation sites is 1. The molecule has 0 bridgehead atoms. The van der Waals surface area contributed by atoms with Crippen molar-refractivity contribution in [3.8, 4) is 0 Å². The lowest BCUT2D eigenvalue weighted by Crippen LogP contribution is -2.43. The van der Waals surface area contributed by atoms with Crippen LogP contribution in [0.2, 0.25) is 0 Å². The lowest BCUT2D eigenvalue weighted by Gasteiger charge is -2.35. The van der Waals surface area contributed by atoms with Gasteiger partial charge in [-0.1, -0.05) is 31.5 Å². The van der Waals surface area contributed by atoms with Crippen LogP contribution in [0.4, 0.5) is 0 Å². The van der Waals surface area contributed by atoms with Gasteiger partial charge >= 0.3 is 0 Å². The van der Waals surface area contributed by atoms with Gasteiger partial charge in [-0.05, 0) is 44.1 Å². The maximum Gasteiger partial charge on any atom is 0.275 e. The molecule has 1 aliphatic carbocycles. The number of rotatable bonds is 1. The summed E-state index contributed by atoms with van der Waals surface area (Å²) in [6.07, 6.45) is 4.86. The number of hydrogen-bond donors (Lipinski definition) is 1. The first kappa shape index (κ1) is 13.8. The largest absolute Gasteiger partial charge is 0.331 e. The summed E-state index contributed by atoms with van der Waals surface area (Å²) >= 11 is 0. The highest BCUT2D eigenvalue weighted by Gasteiger charge is 2.44. The van der Waals surface area contributed by atoms with Gasteiger partial charge in [-0.15, -0.1) is 0 Å². The molecule has 4 atom stereocenters. The maximum absolute atomic E-state index is 13.1. The van der Waals surface area contributed by atoms with E-state index in [1.807, 2.05) is 24.3 Å². The number of likely N-dealkylation sites (tertiary alicyclic amines) is 1. The normalized spacial score (nSPS) is 31.5. The number of hydrogen-bond acceptors (Lipinski definition) is 2. The predicted molar refractivity (Wildman–Crippen MR) is 86.6 cm³/mol. The van der Waals surface area contributed by atoms with Crippen molar-refractivity contribution in [1.29, 1.82) is 0 Å². The minimum absolute atomic E-state index is 0.103. The van der Waals surface area contributed by atoms with Gasteiger partial charge in [0.05, 0.1) is 5.52 Å². The van der Waals surface area contributed by atoms with Crippen LogP contribution < -0.4 is 0 Å². The summed E-state index contributed by atoms with van der Waals surface area (Å²) in [4.78, 5) is 15.3. The van der Waals surface area contributed by atoms with Crippen molar-refractivity contribution < 1.29 is 4.79 Å². The first-order chi connectivity index (χ1) is 10.6. The van der Waals surface area contributed by atoms with Gasteiger partial charge in [-0.3, -0.25) is 9.89 Å². The monoisotopic (exact) mass is 297 g/mol. The van der Waals surface area contributed by atoms with Gasteiger partial charge in [0.15, 0.2) is 5.69 Å². The second kappa shape index (κ2) is 5.11. The maximum atomic E-state index is 13.1. The Morgan fingerprint density at radius 1 is 1.23 bits per heavy atom. The molecule has 1 aliphatic heterocycles. The fourth-order valence-corrected chi connectivity index (χ4v) is 4.51. The van der Waals surface area contributed by atoms with Crippen molar-refractivity contribution in [2.75, 3.05) is 0 Å². The molecule has 4 nitrogen and oxygen atoms in total. The predicted octanol–water partition coefficient (Wildman–Crippen LogP) is 3.60. The Morgan fingerprint density at radius 3 is 2.91 bits per heavy atom. The molecule has 1 unspecified atom stereocenters. The quantitative estimate of drug-likeness (QED) is 0.874. The summed E-state index contributed by atoms with van der Waals surface area (Å²) in [6, 6.07) is 8.61. The highest BCUT2D eigenvalue weighted by Crippen LogP contribution is 2.42. The summed E-state index contributed by atoms with van der Waals surface area (Å²) in [7, 11) is 0. The van der Waals surface area contributed by atoms with Crippen molar-refractivity contribution >= 4 is 16.8 Å². The minimum atomic E-state index is 0.103. The van der Waals surface area contributed by atoms with Crippen molar-refractivity contribution in [1.82, 2.24) is 15.1 Å². The highest BCUT2D eigenvalue weighted by atomic mass is 16.2. The van der Waals surface area contributed by atoms with E-state index in [0.717, 1.165) is 29.7 Å². The van der Waals surface area contributed by atoms with Gasteiger partial charge in [0.25, 0.3) is 5.91 Å². The Bertz CT molecular complexity index is 707. The lowest BCUT2D eigenvalue weighted by atomic mass is 9.79. The zero-order valence-electron chi connectivity index (χ0n) is 13.2. The number of nitrogens with one attached hydrogen (secondary N) is 1.